The Labute approximate surface area is 113 Å². The number of aryl methyl sites for hydroxylation is 1. The van der Waals surface area contributed by atoms with Gasteiger partial charge in [0.1, 0.15) is 12.4 Å². The highest BCUT2D eigenvalue weighted by Crippen LogP contribution is 2.25. The normalized spacial score (nSPS) is 14.7. The third-order valence-corrected chi connectivity index (χ3v) is 3.54. The Morgan fingerprint density at radius 3 is 2.68 bits per heavy atom. The molecule has 0 aliphatic heterocycles. The molecule has 1 saturated carbocycles. The SMILES string of the molecule is Cc1nnc(OCCN(C)C2CC2)c(C(=N)N)c1C. The molecule has 0 atom stereocenters. The maximum atomic E-state index is 7.63. The fraction of sp³-hybridized carbons (Fsp3) is 0.615. The van der Waals surface area contributed by atoms with Crippen LogP contribution in [0.25, 0.3) is 0 Å². The first-order valence-electron chi connectivity index (χ1n) is 6.52. The lowest BCUT2D eigenvalue weighted by atomic mass is 10.1. The van der Waals surface area contributed by atoms with Crippen LogP contribution in [0.3, 0.4) is 0 Å². The summed E-state index contributed by atoms with van der Waals surface area (Å²) >= 11 is 0. The van der Waals surface area contributed by atoms with Gasteiger partial charge in [0, 0.05) is 12.6 Å². The lowest BCUT2D eigenvalue weighted by molar-refractivity contribution is 0.224. The van der Waals surface area contributed by atoms with Crippen molar-refractivity contribution < 1.29 is 4.74 Å². The topological polar surface area (TPSA) is 88.1 Å². The third kappa shape index (κ3) is 3.20. The maximum absolute atomic E-state index is 7.63. The zero-order valence-corrected chi connectivity index (χ0v) is 11.7. The van der Waals surface area contributed by atoms with Crippen molar-refractivity contribution in [2.75, 3.05) is 20.2 Å². The van der Waals surface area contributed by atoms with Crippen LogP contribution < -0.4 is 10.5 Å². The van der Waals surface area contributed by atoms with E-state index in [4.69, 9.17) is 15.9 Å². The van der Waals surface area contributed by atoms with E-state index in [1.54, 1.807) is 0 Å². The number of hydrogen-bond acceptors (Lipinski definition) is 5. The largest absolute Gasteiger partial charge is 0.475 e. The lowest BCUT2D eigenvalue weighted by Gasteiger charge is -2.17. The number of nitrogens with zero attached hydrogens (tertiary/aromatic N) is 3. The van der Waals surface area contributed by atoms with Crippen LogP contribution in [0.4, 0.5) is 0 Å². The second kappa shape index (κ2) is 5.52. The average Bonchev–Trinajstić information content (AvgIpc) is 3.17. The Kier molecular flexibility index (Phi) is 3.99. The summed E-state index contributed by atoms with van der Waals surface area (Å²) in [6.07, 6.45) is 2.55. The summed E-state index contributed by atoms with van der Waals surface area (Å²) in [5, 5.41) is 15.7. The highest BCUT2D eigenvalue weighted by molar-refractivity contribution is 5.98. The fourth-order valence-electron chi connectivity index (χ4n) is 1.99. The van der Waals surface area contributed by atoms with E-state index < -0.39 is 0 Å². The van der Waals surface area contributed by atoms with Gasteiger partial charge in [-0.25, -0.2) is 0 Å². The summed E-state index contributed by atoms with van der Waals surface area (Å²) in [6.45, 7) is 5.10. The Hall–Kier alpha value is -1.69. The molecule has 1 aliphatic carbocycles. The third-order valence-electron chi connectivity index (χ3n) is 3.54. The van der Waals surface area contributed by atoms with Gasteiger partial charge in [0.05, 0.1) is 11.3 Å². The Bertz CT molecular complexity index is 484. The first kappa shape index (κ1) is 13.7. The molecule has 0 radical (unpaired) electrons. The van der Waals surface area contributed by atoms with Gasteiger partial charge in [0.25, 0.3) is 0 Å². The van der Waals surface area contributed by atoms with Crippen molar-refractivity contribution in [3.05, 3.63) is 16.8 Å². The molecule has 0 spiro atoms. The van der Waals surface area contributed by atoms with Crippen LogP contribution in [0.2, 0.25) is 0 Å². The van der Waals surface area contributed by atoms with Crippen molar-refractivity contribution >= 4 is 5.84 Å². The first-order chi connectivity index (χ1) is 9.00. The van der Waals surface area contributed by atoms with Crippen molar-refractivity contribution in [1.29, 1.82) is 5.41 Å². The van der Waals surface area contributed by atoms with Crippen molar-refractivity contribution in [2.24, 2.45) is 5.73 Å². The van der Waals surface area contributed by atoms with Crippen LogP contribution in [0.5, 0.6) is 5.88 Å². The monoisotopic (exact) mass is 263 g/mol. The highest BCUT2D eigenvalue weighted by Gasteiger charge is 2.25. The number of likely N-dealkylation sites (N-methyl/N-ethyl adjacent to an activating group) is 1. The van der Waals surface area contributed by atoms with Gasteiger partial charge in [-0.05, 0) is 39.3 Å². The van der Waals surface area contributed by atoms with Gasteiger partial charge in [-0.3, -0.25) is 5.41 Å². The minimum absolute atomic E-state index is 0.0268. The number of amidine groups is 1. The molecule has 6 heteroatoms. The number of nitrogens with two attached hydrogens (primary N) is 1. The summed E-state index contributed by atoms with van der Waals surface area (Å²) in [5.41, 5.74) is 7.78. The number of aromatic nitrogens is 2. The van der Waals surface area contributed by atoms with Crippen LogP contribution in [-0.2, 0) is 0 Å². The quantitative estimate of drug-likeness (QED) is 0.587. The van der Waals surface area contributed by atoms with E-state index in [9.17, 15) is 0 Å². The Morgan fingerprint density at radius 1 is 1.42 bits per heavy atom. The van der Waals surface area contributed by atoms with E-state index in [-0.39, 0.29) is 5.84 Å². The van der Waals surface area contributed by atoms with E-state index >= 15 is 0 Å². The number of ether oxygens (including phenoxy) is 1. The number of nitrogen functional groups attached to an aromatic ring is 1. The molecule has 1 aliphatic rings. The van der Waals surface area contributed by atoms with Gasteiger partial charge >= 0.3 is 0 Å². The Morgan fingerprint density at radius 2 is 2.11 bits per heavy atom. The second-order valence-corrected chi connectivity index (χ2v) is 5.06. The molecule has 1 aromatic rings. The molecule has 104 valence electrons. The smallest absolute Gasteiger partial charge is 0.244 e. The van der Waals surface area contributed by atoms with Crippen LogP contribution in [0.15, 0.2) is 0 Å². The van der Waals surface area contributed by atoms with E-state index in [1.807, 2.05) is 13.8 Å². The predicted molar refractivity (Wildman–Crippen MR) is 73.7 cm³/mol. The molecule has 0 aromatic carbocycles. The molecular formula is C13H21N5O. The number of hydrogen-bond donors (Lipinski definition) is 2. The van der Waals surface area contributed by atoms with Crippen molar-refractivity contribution in [2.45, 2.75) is 32.7 Å². The van der Waals surface area contributed by atoms with Crippen LogP contribution in [0, 0.1) is 19.3 Å². The zero-order chi connectivity index (χ0) is 14.0. The van der Waals surface area contributed by atoms with Gasteiger partial charge in [-0.15, -0.1) is 5.10 Å². The molecular weight excluding hydrogens is 242 g/mol. The molecule has 0 saturated heterocycles. The Balaban J connectivity index is 2.02. The molecule has 0 unspecified atom stereocenters. The number of nitrogens with one attached hydrogen (secondary N) is 1. The minimum Gasteiger partial charge on any atom is -0.475 e. The van der Waals surface area contributed by atoms with E-state index in [0.29, 0.717) is 24.1 Å². The summed E-state index contributed by atoms with van der Waals surface area (Å²) in [6, 6.07) is 0.710. The van der Waals surface area contributed by atoms with Crippen molar-refractivity contribution in [3.8, 4) is 5.88 Å². The highest BCUT2D eigenvalue weighted by atomic mass is 16.5. The standard InChI is InChI=1S/C13H21N5O/c1-8-9(2)16-17-13(11(8)12(14)15)19-7-6-18(3)10-4-5-10/h10H,4-7H2,1-3H3,(H3,14,15). The zero-order valence-electron chi connectivity index (χ0n) is 11.7. The van der Waals surface area contributed by atoms with Gasteiger partial charge in [0.2, 0.25) is 5.88 Å². The van der Waals surface area contributed by atoms with Gasteiger partial charge < -0.3 is 15.4 Å². The lowest BCUT2D eigenvalue weighted by Crippen LogP contribution is -2.27. The van der Waals surface area contributed by atoms with Crippen molar-refractivity contribution in [3.63, 3.8) is 0 Å². The molecule has 6 nitrogen and oxygen atoms in total. The van der Waals surface area contributed by atoms with E-state index in [2.05, 4.69) is 22.1 Å². The molecule has 1 aromatic heterocycles. The first-order valence-corrected chi connectivity index (χ1v) is 6.52. The molecule has 2 rings (SSSR count). The summed E-state index contributed by atoms with van der Waals surface area (Å²) in [5.74, 6) is 0.334. The fourth-order valence-corrected chi connectivity index (χ4v) is 1.99. The summed E-state index contributed by atoms with van der Waals surface area (Å²) < 4.78 is 5.65. The maximum Gasteiger partial charge on any atom is 0.244 e. The molecule has 0 amide bonds. The molecule has 0 bridgehead atoms. The van der Waals surface area contributed by atoms with E-state index in [0.717, 1.165) is 17.8 Å². The molecule has 1 fully saturated rings. The minimum atomic E-state index is -0.0268. The second-order valence-electron chi connectivity index (χ2n) is 5.06. The predicted octanol–water partition coefficient (Wildman–Crippen LogP) is 0.851. The summed E-state index contributed by atoms with van der Waals surface area (Å²) in [7, 11) is 2.10. The van der Waals surface area contributed by atoms with Crippen molar-refractivity contribution in [1.82, 2.24) is 15.1 Å². The molecule has 1 heterocycles. The van der Waals surface area contributed by atoms with Gasteiger partial charge in [-0.1, -0.05) is 0 Å². The van der Waals surface area contributed by atoms with E-state index in [1.165, 1.54) is 12.8 Å². The number of rotatable bonds is 6. The van der Waals surface area contributed by atoms with Gasteiger partial charge in [-0.2, -0.15) is 5.10 Å². The van der Waals surface area contributed by atoms with Crippen LogP contribution >= 0.6 is 0 Å². The average molecular weight is 263 g/mol. The van der Waals surface area contributed by atoms with Crippen LogP contribution in [-0.4, -0.2) is 47.2 Å². The molecule has 3 N–H and O–H groups in total. The van der Waals surface area contributed by atoms with Crippen LogP contribution in [0.1, 0.15) is 29.7 Å². The molecule has 19 heavy (non-hydrogen) atoms. The summed E-state index contributed by atoms with van der Waals surface area (Å²) in [4.78, 5) is 2.28. The van der Waals surface area contributed by atoms with Gasteiger partial charge in [0.15, 0.2) is 0 Å².